The lowest BCUT2D eigenvalue weighted by molar-refractivity contribution is 0.111. The molecule has 76 valence electrons. The molecule has 0 saturated heterocycles. The van der Waals surface area contributed by atoms with Gasteiger partial charge in [0.05, 0.1) is 5.60 Å². The average molecular weight is 190 g/mol. The van der Waals surface area contributed by atoms with Gasteiger partial charge in [-0.3, -0.25) is 0 Å². The zero-order chi connectivity index (χ0) is 10.6. The maximum Gasteiger partial charge on any atom is 0.0842 e. The third-order valence-electron chi connectivity index (χ3n) is 2.00. The van der Waals surface area contributed by atoms with E-state index in [4.69, 9.17) is 0 Å². The average Bonchev–Trinajstić information content (AvgIpc) is 2.02. The van der Waals surface area contributed by atoms with E-state index in [9.17, 15) is 5.11 Å². The molecule has 0 aromatic heterocycles. The van der Waals surface area contributed by atoms with Gasteiger partial charge >= 0.3 is 0 Å². The van der Waals surface area contributed by atoms with Crippen LogP contribution in [0.2, 0.25) is 0 Å². The third-order valence-corrected chi connectivity index (χ3v) is 2.00. The lowest BCUT2D eigenvalue weighted by Crippen LogP contribution is -2.24. The van der Waals surface area contributed by atoms with Crippen molar-refractivity contribution in [1.82, 2.24) is 0 Å². The number of allylic oxidation sites excluding steroid dienone is 1. The second kappa shape index (κ2) is 4.43. The van der Waals surface area contributed by atoms with E-state index < -0.39 is 5.60 Å². The summed E-state index contributed by atoms with van der Waals surface area (Å²) in [5.74, 6) is 0. The molecule has 0 radical (unpaired) electrons. The molecule has 0 aliphatic heterocycles. The van der Waals surface area contributed by atoms with Crippen LogP contribution < -0.4 is 0 Å². The van der Waals surface area contributed by atoms with E-state index in [1.165, 1.54) is 0 Å². The Labute approximate surface area is 86.1 Å². The van der Waals surface area contributed by atoms with Gasteiger partial charge in [0.1, 0.15) is 0 Å². The molecule has 0 amide bonds. The van der Waals surface area contributed by atoms with Crippen LogP contribution in [0.4, 0.5) is 0 Å². The summed E-state index contributed by atoms with van der Waals surface area (Å²) in [4.78, 5) is 0. The van der Waals surface area contributed by atoms with E-state index in [1.807, 2.05) is 57.2 Å². The Morgan fingerprint density at radius 2 is 1.86 bits per heavy atom. The molecular formula is C13H18O. The zero-order valence-corrected chi connectivity index (χ0v) is 9.12. The molecular weight excluding hydrogens is 172 g/mol. The summed E-state index contributed by atoms with van der Waals surface area (Å²) in [5.41, 5.74) is 1.57. The summed E-state index contributed by atoms with van der Waals surface area (Å²) in [6, 6.07) is 10.0. The predicted octanol–water partition coefficient (Wildman–Crippen LogP) is 2.95. The highest BCUT2D eigenvalue weighted by Gasteiger charge is 2.16. The maximum atomic E-state index is 10.1. The highest BCUT2D eigenvalue weighted by molar-refractivity contribution is 5.19. The first kappa shape index (κ1) is 11.0. The minimum Gasteiger partial charge on any atom is -0.386 e. The highest BCUT2D eigenvalue weighted by Crippen LogP contribution is 2.15. The predicted molar refractivity (Wildman–Crippen MR) is 60.2 cm³/mol. The molecule has 1 aromatic carbocycles. The fourth-order valence-electron chi connectivity index (χ4n) is 1.68. The van der Waals surface area contributed by atoms with Gasteiger partial charge in [-0.15, -0.1) is 0 Å². The SMILES string of the molecule is CC(C)=CC(C)(O)Cc1ccccc1. The lowest BCUT2D eigenvalue weighted by Gasteiger charge is -2.19. The van der Waals surface area contributed by atoms with Crippen LogP contribution in [0.25, 0.3) is 0 Å². The van der Waals surface area contributed by atoms with Crippen molar-refractivity contribution in [1.29, 1.82) is 0 Å². The van der Waals surface area contributed by atoms with Crippen LogP contribution in [0.1, 0.15) is 26.3 Å². The quantitative estimate of drug-likeness (QED) is 0.726. The highest BCUT2D eigenvalue weighted by atomic mass is 16.3. The molecule has 14 heavy (non-hydrogen) atoms. The summed E-state index contributed by atoms with van der Waals surface area (Å²) in [6.07, 6.45) is 2.57. The van der Waals surface area contributed by atoms with Crippen LogP contribution in [-0.4, -0.2) is 10.7 Å². The Kier molecular flexibility index (Phi) is 3.48. The molecule has 1 N–H and O–H groups in total. The summed E-state index contributed by atoms with van der Waals surface area (Å²) in [5, 5.41) is 10.1. The van der Waals surface area contributed by atoms with Crippen molar-refractivity contribution >= 4 is 0 Å². The van der Waals surface area contributed by atoms with E-state index in [1.54, 1.807) is 0 Å². The largest absolute Gasteiger partial charge is 0.386 e. The molecule has 0 aliphatic carbocycles. The summed E-state index contributed by atoms with van der Waals surface area (Å²) < 4.78 is 0. The second-order valence-corrected chi connectivity index (χ2v) is 4.24. The van der Waals surface area contributed by atoms with Crippen LogP contribution in [0, 0.1) is 0 Å². The number of aliphatic hydroxyl groups is 1. The summed E-state index contributed by atoms with van der Waals surface area (Å²) in [6.45, 7) is 5.84. The smallest absolute Gasteiger partial charge is 0.0842 e. The summed E-state index contributed by atoms with van der Waals surface area (Å²) in [7, 11) is 0. The first-order valence-corrected chi connectivity index (χ1v) is 4.92. The molecule has 0 bridgehead atoms. The van der Waals surface area contributed by atoms with Gasteiger partial charge in [-0.05, 0) is 26.3 Å². The molecule has 1 nitrogen and oxygen atoms in total. The molecule has 1 rings (SSSR count). The Balaban J connectivity index is 2.74. The van der Waals surface area contributed by atoms with E-state index >= 15 is 0 Å². The van der Waals surface area contributed by atoms with Crippen LogP contribution in [-0.2, 0) is 6.42 Å². The Morgan fingerprint density at radius 3 is 2.36 bits per heavy atom. The van der Waals surface area contributed by atoms with E-state index in [2.05, 4.69) is 0 Å². The molecule has 0 heterocycles. The van der Waals surface area contributed by atoms with Crippen molar-refractivity contribution in [2.75, 3.05) is 0 Å². The number of benzene rings is 1. The first-order valence-electron chi connectivity index (χ1n) is 4.92. The van der Waals surface area contributed by atoms with Crippen molar-refractivity contribution in [2.45, 2.75) is 32.8 Å². The van der Waals surface area contributed by atoms with Gasteiger partial charge < -0.3 is 5.11 Å². The van der Waals surface area contributed by atoms with Gasteiger partial charge in [0.25, 0.3) is 0 Å². The monoisotopic (exact) mass is 190 g/mol. The van der Waals surface area contributed by atoms with Crippen LogP contribution >= 0.6 is 0 Å². The van der Waals surface area contributed by atoms with E-state index in [0.29, 0.717) is 6.42 Å². The number of hydrogen-bond acceptors (Lipinski definition) is 1. The molecule has 1 unspecified atom stereocenters. The molecule has 1 aromatic rings. The zero-order valence-electron chi connectivity index (χ0n) is 9.12. The van der Waals surface area contributed by atoms with Gasteiger partial charge in [0.2, 0.25) is 0 Å². The van der Waals surface area contributed by atoms with Crippen molar-refractivity contribution in [3.05, 3.63) is 47.5 Å². The van der Waals surface area contributed by atoms with Gasteiger partial charge in [0, 0.05) is 6.42 Å². The second-order valence-electron chi connectivity index (χ2n) is 4.24. The Morgan fingerprint density at radius 1 is 1.29 bits per heavy atom. The van der Waals surface area contributed by atoms with Crippen molar-refractivity contribution in [3.8, 4) is 0 Å². The molecule has 0 spiro atoms. The van der Waals surface area contributed by atoms with Crippen molar-refractivity contribution in [2.24, 2.45) is 0 Å². The molecule has 1 heteroatoms. The maximum absolute atomic E-state index is 10.1. The van der Waals surface area contributed by atoms with Crippen LogP contribution in [0.5, 0.6) is 0 Å². The first-order chi connectivity index (χ1) is 6.49. The van der Waals surface area contributed by atoms with Gasteiger partial charge in [0.15, 0.2) is 0 Å². The summed E-state index contributed by atoms with van der Waals surface area (Å²) >= 11 is 0. The number of rotatable bonds is 3. The van der Waals surface area contributed by atoms with Crippen LogP contribution in [0.3, 0.4) is 0 Å². The Hall–Kier alpha value is -1.08. The fraction of sp³-hybridized carbons (Fsp3) is 0.385. The minimum atomic E-state index is -0.736. The van der Waals surface area contributed by atoms with Crippen molar-refractivity contribution in [3.63, 3.8) is 0 Å². The third kappa shape index (κ3) is 3.75. The van der Waals surface area contributed by atoms with Crippen molar-refractivity contribution < 1.29 is 5.11 Å². The molecule has 1 atom stereocenters. The van der Waals surface area contributed by atoms with E-state index in [0.717, 1.165) is 11.1 Å². The molecule has 0 fully saturated rings. The molecule has 0 aliphatic rings. The number of hydrogen-bond donors (Lipinski definition) is 1. The normalized spacial score (nSPS) is 14.6. The molecule has 0 saturated carbocycles. The van der Waals surface area contributed by atoms with Gasteiger partial charge in [-0.1, -0.05) is 42.0 Å². The standard InChI is InChI=1S/C13H18O/c1-11(2)9-13(3,14)10-12-7-5-4-6-8-12/h4-9,14H,10H2,1-3H3. The van der Waals surface area contributed by atoms with Gasteiger partial charge in [-0.25, -0.2) is 0 Å². The fourth-order valence-corrected chi connectivity index (χ4v) is 1.68. The van der Waals surface area contributed by atoms with Gasteiger partial charge in [-0.2, -0.15) is 0 Å². The Bertz CT molecular complexity index is 305. The lowest BCUT2D eigenvalue weighted by atomic mass is 9.95. The topological polar surface area (TPSA) is 20.2 Å². The minimum absolute atomic E-state index is 0.666. The van der Waals surface area contributed by atoms with Crippen LogP contribution in [0.15, 0.2) is 42.0 Å². The van der Waals surface area contributed by atoms with E-state index in [-0.39, 0.29) is 0 Å².